The first-order valence-electron chi connectivity index (χ1n) is 2.56. The van der Waals surface area contributed by atoms with Gasteiger partial charge in [0.25, 0.3) is 0 Å². The van der Waals surface area contributed by atoms with Crippen LogP contribution in [0.25, 0.3) is 0 Å². The van der Waals surface area contributed by atoms with Crippen LogP contribution in [0.5, 0.6) is 0 Å². The van der Waals surface area contributed by atoms with Crippen LogP contribution in [-0.4, -0.2) is 23.3 Å². The van der Waals surface area contributed by atoms with E-state index < -0.39 is 0 Å². The molecule has 0 aromatic rings. The number of nitrogens with one attached hydrogen (secondary N) is 1. The molecule has 50 valence electrons. The minimum Gasteiger partial charge on any atom is -0.479 e. The molecule has 0 fully saturated rings. The maximum Gasteiger partial charge on any atom is 0.314 e. The van der Waals surface area contributed by atoms with E-state index in [2.05, 4.69) is 15.3 Å². The van der Waals surface area contributed by atoms with Crippen LogP contribution in [0.4, 0.5) is 0 Å². The number of aliphatic hydroxyl groups is 1. The number of rotatable bonds is 0. The number of aliphatic hydroxyl groups excluding tert-OH is 1. The van der Waals surface area contributed by atoms with Crippen molar-refractivity contribution in [2.24, 2.45) is 15.7 Å². The molecule has 1 aliphatic rings. The average Bonchev–Trinajstić information content (AvgIpc) is 1.59. The van der Waals surface area contributed by atoms with E-state index in [0.717, 1.165) is 0 Å². The molecular weight excluding hydrogens is 120 g/mol. The Morgan fingerprint density at radius 2 is 2.44 bits per heavy atom. The molecule has 0 bridgehead atoms. The van der Waals surface area contributed by atoms with E-state index in [1.807, 2.05) is 0 Å². The zero-order valence-corrected chi connectivity index (χ0v) is 5.00. The third kappa shape index (κ3) is 1.31. The van der Waals surface area contributed by atoms with Gasteiger partial charge in [0.1, 0.15) is 6.17 Å². The smallest absolute Gasteiger partial charge is 0.314 e. The van der Waals surface area contributed by atoms with Crippen molar-refractivity contribution in [1.82, 2.24) is 5.32 Å². The lowest BCUT2D eigenvalue weighted by Gasteiger charge is -2.12. The molecule has 0 amide bonds. The minimum absolute atomic E-state index is 0.178. The normalized spacial score (nSPS) is 26.1. The van der Waals surface area contributed by atoms with Gasteiger partial charge in [0, 0.05) is 0 Å². The standard InChI is InChI=1S/C4H8N4O/c1-2-6-3(5)8-4(9)7-2/h2H,1H3,(H4,5,6,7,8,9). The van der Waals surface area contributed by atoms with E-state index in [1.54, 1.807) is 6.92 Å². The van der Waals surface area contributed by atoms with E-state index in [9.17, 15) is 0 Å². The van der Waals surface area contributed by atoms with Crippen molar-refractivity contribution in [3.63, 3.8) is 0 Å². The SMILES string of the molecule is CC1N=C(O)N=C(N)N1. The van der Waals surface area contributed by atoms with Crippen LogP contribution >= 0.6 is 0 Å². The number of nitrogens with two attached hydrogens (primary N) is 1. The third-order valence-electron chi connectivity index (χ3n) is 0.886. The van der Waals surface area contributed by atoms with E-state index >= 15 is 0 Å². The summed E-state index contributed by atoms with van der Waals surface area (Å²) in [5.74, 6) is 0.204. The summed E-state index contributed by atoms with van der Waals surface area (Å²) >= 11 is 0. The Kier molecular flexibility index (Phi) is 1.26. The summed E-state index contributed by atoms with van der Waals surface area (Å²) in [6, 6.07) is -0.265. The van der Waals surface area contributed by atoms with E-state index in [1.165, 1.54) is 0 Å². The first-order chi connectivity index (χ1) is 4.18. The number of hydrogen-bond acceptors (Lipinski definition) is 4. The van der Waals surface area contributed by atoms with Gasteiger partial charge in [-0.3, -0.25) is 0 Å². The molecule has 1 unspecified atom stereocenters. The van der Waals surface area contributed by atoms with E-state index in [0.29, 0.717) is 0 Å². The summed E-state index contributed by atoms with van der Waals surface area (Å²) in [4.78, 5) is 7.05. The molecule has 0 aliphatic carbocycles. The highest BCUT2D eigenvalue weighted by Crippen LogP contribution is 1.90. The highest BCUT2D eigenvalue weighted by molar-refractivity contribution is 5.92. The summed E-state index contributed by atoms with van der Waals surface area (Å²) in [7, 11) is 0. The van der Waals surface area contributed by atoms with Crippen LogP contribution in [-0.2, 0) is 0 Å². The van der Waals surface area contributed by atoms with E-state index in [4.69, 9.17) is 10.8 Å². The minimum atomic E-state index is -0.265. The molecule has 0 aromatic carbocycles. The van der Waals surface area contributed by atoms with Crippen molar-refractivity contribution in [3.05, 3.63) is 0 Å². The fraction of sp³-hybridized carbons (Fsp3) is 0.500. The highest BCUT2D eigenvalue weighted by Gasteiger charge is 2.07. The second kappa shape index (κ2) is 1.93. The van der Waals surface area contributed by atoms with Gasteiger partial charge in [0.2, 0.25) is 0 Å². The molecule has 9 heavy (non-hydrogen) atoms. The molecule has 0 radical (unpaired) electrons. The van der Waals surface area contributed by atoms with Gasteiger partial charge >= 0.3 is 6.02 Å². The molecular formula is C4H8N4O. The van der Waals surface area contributed by atoms with Crippen molar-refractivity contribution in [2.45, 2.75) is 13.1 Å². The monoisotopic (exact) mass is 128 g/mol. The number of amidine groups is 1. The van der Waals surface area contributed by atoms with Crippen molar-refractivity contribution in [2.75, 3.05) is 0 Å². The van der Waals surface area contributed by atoms with Crippen LogP contribution in [0.3, 0.4) is 0 Å². The van der Waals surface area contributed by atoms with Crippen LogP contribution in [0.15, 0.2) is 9.98 Å². The lowest BCUT2D eigenvalue weighted by atomic mass is 10.5. The molecule has 0 spiro atoms. The predicted molar refractivity (Wildman–Crippen MR) is 34.3 cm³/mol. The Bertz CT molecular complexity index is 173. The van der Waals surface area contributed by atoms with E-state index in [-0.39, 0.29) is 18.1 Å². The molecule has 0 saturated heterocycles. The molecule has 1 atom stereocenters. The lowest BCUT2D eigenvalue weighted by Crippen LogP contribution is -2.41. The van der Waals surface area contributed by atoms with Crippen molar-refractivity contribution in [3.8, 4) is 0 Å². The van der Waals surface area contributed by atoms with Gasteiger partial charge in [0.05, 0.1) is 0 Å². The summed E-state index contributed by atoms with van der Waals surface area (Å²) in [5, 5.41) is 11.4. The van der Waals surface area contributed by atoms with Crippen LogP contribution in [0, 0.1) is 0 Å². The van der Waals surface area contributed by atoms with Gasteiger partial charge in [-0.25, -0.2) is 4.99 Å². The van der Waals surface area contributed by atoms with Crippen molar-refractivity contribution >= 4 is 12.0 Å². The predicted octanol–water partition coefficient (Wildman–Crippen LogP) is -0.836. The Balaban J connectivity index is 2.74. The topological polar surface area (TPSA) is 83.0 Å². The third-order valence-corrected chi connectivity index (χ3v) is 0.886. The lowest BCUT2D eigenvalue weighted by molar-refractivity contribution is 0.516. The quantitative estimate of drug-likeness (QED) is 0.398. The Hall–Kier alpha value is -1.26. The number of aliphatic imine (C=N–C) groups is 2. The first-order valence-corrected chi connectivity index (χ1v) is 2.56. The number of guanidine groups is 1. The summed E-state index contributed by atoms with van der Waals surface area (Å²) in [6.45, 7) is 1.76. The summed E-state index contributed by atoms with van der Waals surface area (Å²) in [6.07, 6.45) is -0.178. The second-order valence-electron chi connectivity index (χ2n) is 1.75. The molecule has 4 N–H and O–H groups in total. The maximum atomic E-state index is 8.69. The summed E-state index contributed by atoms with van der Waals surface area (Å²) < 4.78 is 0. The van der Waals surface area contributed by atoms with Crippen LogP contribution < -0.4 is 11.1 Å². The molecule has 1 heterocycles. The zero-order valence-electron chi connectivity index (χ0n) is 5.00. The Morgan fingerprint density at radius 1 is 1.78 bits per heavy atom. The largest absolute Gasteiger partial charge is 0.479 e. The van der Waals surface area contributed by atoms with Crippen molar-refractivity contribution < 1.29 is 5.11 Å². The second-order valence-corrected chi connectivity index (χ2v) is 1.75. The first kappa shape index (κ1) is 5.87. The fourth-order valence-corrected chi connectivity index (χ4v) is 0.588. The van der Waals surface area contributed by atoms with Gasteiger partial charge in [0.15, 0.2) is 5.96 Å². The van der Waals surface area contributed by atoms with Gasteiger partial charge in [-0.1, -0.05) is 0 Å². The number of hydrogen-bond donors (Lipinski definition) is 3. The molecule has 1 aliphatic heterocycles. The highest BCUT2D eigenvalue weighted by atomic mass is 16.3. The summed E-state index contributed by atoms with van der Waals surface area (Å²) in [5.41, 5.74) is 5.21. The molecule has 5 nitrogen and oxygen atoms in total. The molecule has 0 saturated carbocycles. The fourth-order valence-electron chi connectivity index (χ4n) is 0.588. The van der Waals surface area contributed by atoms with Crippen molar-refractivity contribution in [1.29, 1.82) is 0 Å². The van der Waals surface area contributed by atoms with Gasteiger partial charge < -0.3 is 16.2 Å². The van der Waals surface area contributed by atoms with Crippen LogP contribution in [0.2, 0.25) is 0 Å². The van der Waals surface area contributed by atoms with Gasteiger partial charge in [-0.2, -0.15) is 4.99 Å². The number of nitrogens with zero attached hydrogens (tertiary/aromatic N) is 2. The molecule has 1 rings (SSSR count). The van der Waals surface area contributed by atoms with Gasteiger partial charge in [-0.05, 0) is 6.92 Å². The Morgan fingerprint density at radius 3 is 2.89 bits per heavy atom. The Labute approximate surface area is 52.3 Å². The maximum absolute atomic E-state index is 8.69. The zero-order chi connectivity index (χ0) is 6.85. The van der Waals surface area contributed by atoms with Crippen LogP contribution in [0.1, 0.15) is 6.92 Å². The van der Waals surface area contributed by atoms with Gasteiger partial charge in [-0.15, -0.1) is 0 Å². The molecule has 0 aromatic heterocycles. The molecule has 5 heteroatoms. The average molecular weight is 128 g/mol.